The first kappa shape index (κ1) is 5.89. The summed E-state index contributed by atoms with van der Waals surface area (Å²) in [5.74, 6) is 0. The number of nitrogens with zero attached hydrogens (tertiary/aromatic N) is 2. The van der Waals surface area contributed by atoms with Crippen LogP contribution in [0.4, 0.5) is 0 Å². The van der Waals surface area contributed by atoms with Crippen LogP contribution in [0.15, 0.2) is 36.4 Å². The Bertz CT molecular complexity index is 539. The summed E-state index contributed by atoms with van der Waals surface area (Å²) in [4.78, 5) is 0. The lowest BCUT2D eigenvalue weighted by Crippen LogP contribution is -2.20. The zero-order valence-corrected chi connectivity index (χ0v) is 6.36. The maximum atomic E-state index is 9.45. The van der Waals surface area contributed by atoms with E-state index < -0.39 is 0 Å². The standard InChI is InChI=1S/C10H6N2/c11-12-8-5-1-3-7-4-2-6-9(12)10(7)8/h1-6H. The van der Waals surface area contributed by atoms with Gasteiger partial charge >= 0.3 is 0 Å². The molecular weight excluding hydrogens is 148 g/mol. The number of benzene rings is 2. The van der Waals surface area contributed by atoms with Crippen molar-refractivity contribution in [3.63, 3.8) is 0 Å². The lowest BCUT2D eigenvalue weighted by Gasteiger charge is -2.04. The van der Waals surface area contributed by atoms with Gasteiger partial charge in [-0.05, 0) is 5.39 Å². The SMILES string of the molecule is [N-]=[n+]1c2cccc3cccc1c32. The summed E-state index contributed by atoms with van der Waals surface area (Å²) >= 11 is 0. The van der Waals surface area contributed by atoms with E-state index in [-0.39, 0.29) is 0 Å². The number of aromatic nitrogens is 1. The minimum Gasteiger partial charge on any atom is -0.493 e. The van der Waals surface area contributed by atoms with Crippen LogP contribution in [0.25, 0.3) is 27.3 Å². The van der Waals surface area contributed by atoms with E-state index in [1.165, 1.54) is 15.1 Å². The average Bonchev–Trinajstić information content (AvgIpc) is 2.16. The molecule has 0 saturated heterocycles. The predicted octanol–water partition coefficient (Wildman–Crippen LogP) is 2.04. The van der Waals surface area contributed by atoms with E-state index in [4.69, 9.17) is 0 Å². The monoisotopic (exact) mass is 154 g/mol. The first-order valence-corrected chi connectivity index (χ1v) is 3.89. The van der Waals surface area contributed by atoms with Gasteiger partial charge in [0.25, 0.3) is 0 Å². The summed E-state index contributed by atoms with van der Waals surface area (Å²) in [6.45, 7) is 0. The molecule has 0 aliphatic rings. The van der Waals surface area contributed by atoms with Gasteiger partial charge in [0.2, 0.25) is 11.0 Å². The molecule has 2 heteroatoms. The smallest absolute Gasteiger partial charge is 0.214 e. The van der Waals surface area contributed by atoms with Crippen LogP contribution in [0.5, 0.6) is 0 Å². The highest BCUT2D eigenvalue weighted by Gasteiger charge is 2.15. The molecule has 56 valence electrons. The van der Waals surface area contributed by atoms with E-state index in [9.17, 15) is 5.53 Å². The maximum Gasteiger partial charge on any atom is 0.214 e. The van der Waals surface area contributed by atoms with Crippen molar-refractivity contribution >= 4 is 21.8 Å². The van der Waals surface area contributed by atoms with Crippen molar-refractivity contribution in [2.75, 3.05) is 0 Å². The second-order valence-corrected chi connectivity index (χ2v) is 2.96. The average molecular weight is 154 g/mol. The Morgan fingerprint density at radius 3 is 2.08 bits per heavy atom. The van der Waals surface area contributed by atoms with E-state index in [1.54, 1.807) is 0 Å². The van der Waals surface area contributed by atoms with Crippen LogP contribution in [0, 0.1) is 0 Å². The zero-order chi connectivity index (χ0) is 8.13. The molecule has 0 radical (unpaired) electrons. The van der Waals surface area contributed by atoms with Crippen molar-refractivity contribution < 1.29 is 4.36 Å². The molecule has 0 N–H and O–H groups in total. The minimum absolute atomic E-state index is 0.906. The Morgan fingerprint density at radius 1 is 0.917 bits per heavy atom. The first-order chi connectivity index (χ1) is 5.88. The van der Waals surface area contributed by atoms with Crippen LogP contribution in [-0.4, -0.2) is 0 Å². The van der Waals surface area contributed by atoms with Crippen LogP contribution >= 0.6 is 0 Å². The van der Waals surface area contributed by atoms with Crippen molar-refractivity contribution in [3.05, 3.63) is 41.9 Å². The van der Waals surface area contributed by atoms with E-state index in [2.05, 4.69) is 12.1 Å². The fraction of sp³-hybridized carbons (Fsp3) is 0. The molecule has 12 heavy (non-hydrogen) atoms. The Morgan fingerprint density at radius 2 is 1.50 bits per heavy atom. The van der Waals surface area contributed by atoms with Crippen LogP contribution < -0.4 is 4.36 Å². The van der Waals surface area contributed by atoms with E-state index in [0.717, 1.165) is 11.0 Å². The number of hydrogen-bond acceptors (Lipinski definition) is 0. The van der Waals surface area contributed by atoms with Gasteiger partial charge < -0.3 is 5.53 Å². The van der Waals surface area contributed by atoms with Gasteiger partial charge in [0, 0.05) is 12.1 Å². The quantitative estimate of drug-likeness (QED) is 0.443. The summed E-state index contributed by atoms with van der Waals surface area (Å²) in [5.41, 5.74) is 11.3. The topological polar surface area (TPSA) is 28.2 Å². The maximum absolute atomic E-state index is 9.45. The van der Waals surface area contributed by atoms with Gasteiger partial charge in [0.05, 0.1) is 0 Å². The van der Waals surface area contributed by atoms with Crippen LogP contribution in [0.3, 0.4) is 0 Å². The number of rotatable bonds is 0. The Balaban J connectivity index is 2.77. The molecule has 0 spiro atoms. The lowest BCUT2D eigenvalue weighted by molar-refractivity contribution is -0.440. The van der Waals surface area contributed by atoms with E-state index in [0.29, 0.717) is 0 Å². The molecule has 3 rings (SSSR count). The summed E-state index contributed by atoms with van der Waals surface area (Å²) in [5, 5.41) is 2.36. The fourth-order valence-corrected chi connectivity index (χ4v) is 1.73. The molecule has 0 aliphatic carbocycles. The third-order valence-corrected chi connectivity index (χ3v) is 2.32. The lowest BCUT2D eigenvalue weighted by atomic mass is 10.1. The largest absolute Gasteiger partial charge is 0.493 e. The summed E-state index contributed by atoms with van der Waals surface area (Å²) in [7, 11) is 0. The van der Waals surface area contributed by atoms with E-state index >= 15 is 0 Å². The third-order valence-electron chi connectivity index (χ3n) is 2.32. The molecule has 0 saturated carbocycles. The third kappa shape index (κ3) is 0.482. The molecule has 0 unspecified atom stereocenters. The van der Waals surface area contributed by atoms with Gasteiger partial charge in [-0.25, -0.2) is 4.36 Å². The molecule has 0 amide bonds. The second kappa shape index (κ2) is 1.72. The molecular formula is C10H6N2. The molecule has 3 aromatic rings. The van der Waals surface area contributed by atoms with Gasteiger partial charge in [0.15, 0.2) is 0 Å². The van der Waals surface area contributed by atoms with Crippen LogP contribution in [-0.2, 0) is 0 Å². The zero-order valence-electron chi connectivity index (χ0n) is 6.36. The molecule has 1 aromatic heterocycles. The van der Waals surface area contributed by atoms with Crippen molar-refractivity contribution in [1.29, 1.82) is 0 Å². The summed E-state index contributed by atoms with van der Waals surface area (Å²) in [6.07, 6.45) is 0. The summed E-state index contributed by atoms with van der Waals surface area (Å²) < 4.78 is 1.22. The molecule has 2 nitrogen and oxygen atoms in total. The Labute approximate surface area is 68.9 Å². The van der Waals surface area contributed by atoms with Gasteiger partial charge in [0.1, 0.15) is 5.39 Å². The molecule has 0 bridgehead atoms. The molecule has 0 aliphatic heterocycles. The van der Waals surface area contributed by atoms with Gasteiger partial charge in [-0.3, -0.25) is 0 Å². The number of hydrogen-bond donors (Lipinski definition) is 0. The highest BCUT2D eigenvalue weighted by molar-refractivity contribution is 6.07. The fourth-order valence-electron chi connectivity index (χ4n) is 1.73. The predicted molar refractivity (Wildman–Crippen MR) is 47.2 cm³/mol. The highest BCUT2D eigenvalue weighted by atomic mass is 15.1. The van der Waals surface area contributed by atoms with Gasteiger partial charge in [-0.15, -0.1) is 0 Å². The molecule has 1 heterocycles. The van der Waals surface area contributed by atoms with Crippen molar-refractivity contribution in [1.82, 2.24) is 0 Å². The van der Waals surface area contributed by atoms with Crippen molar-refractivity contribution in [2.45, 2.75) is 0 Å². The van der Waals surface area contributed by atoms with Gasteiger partial charge in [-0.2, -0.15) is 0 Å². The van der Waals surface area contributed by atoms with Crippen molar-refractivity contribution in [3.8, 4) is 0 Å². The normalized spacial score (nSPS) is 11.7. The van der Waals surface area contributed by atoms with Crippen LogP contribution in [0.2, 0.25) is 0 Å². The van der Waals surface area contributed by atoms with Crippen molar-refractivity contribution in [2.24, 2.45) is 0 Å². The highest BCUT2D eigenvalue weighted by Crippen LogP contribution is 2.24. The second-order valence-electron chi connectivity index (χ2n) is 2.96. The van der Waals surface area contributed by atoms with Gasteiger partial charge in [-0.1, -0.05) is 24.3 Å². The summed E-state index contributed by atoms with van der Waals surface area (Å²) in [6, 6.07) is 11.8. The molecule has 0 atom stereocenters. The molecule has 0 fully saturated rings. The Kier molecular flexibility index (Phi) is 0.844. The first-order valence-electron chi connectivity index (χ1n) is 3.89. The molecule has 2 aromatic carbocycles. The van der Waals surface area contributed by atoms with Crippen LogP contribution in [0.1, 0.15) is 0 Å². The Hall–Kier alpha value is -1.70. The van der Waals surface area contributed by atoms with E-state index in [1.807, 2.05) is 24.3 Å². The minimum atomic E-state index is 0.906.